The number of rotatable bonds is 5. The molecule has 1 aromatic heterocycles. The fourth-order valence-corrected chi connectivity index (χ4v) is 3.41. The van der Waals surface area contributed by atoms with Gasteiger partial charge in [0.05, 0.1) is 0 Å². The lowest BCUT2D eigenvalue weighted by atomic mass is 9.90. The fraction of sp³-hybridized carbons (Fsp3) is 0.692. The zero-order valence-electron chi connectivity index (χ0n) is 10.8. The quantitative estimate of drug-likeness (QED) is 0.623. The summed E-state index contributed by atoms with van der Waals surface area (Å²) in [7, 11) is 0. The van der Waals surface area contributed by atoms with E-state index in [1.54, 1.807) is 0 Å². The molecule has 4 heteroatoms. The molecule has 3 N–H and O–H groups in total. The first-order chi connectivity index (χ1) is 8.14. The van der Waals surface area contributed by atoms with Crippen LogP contribution in [0.2, 0.25) is 0 Å². The molecule has 0 amide bonds. The number of nitrogens with two attached hydrogens (primary N) is 1. The van der Waals surface area contributed by atoms with Crippen LogP contribution in [0.1, 0.15) is 31.6 Å². The first-order valence-electron chi connectivity index (χ1n) is 6.38. The first-order valence-corrected chi connectivity index (χ1v) is 7.26. The molecule has 1 fully saturated rings. The standard InChI is InChI=1S/C13H23N3S/c1-13(2,16-7-3-4-8-16)12(15-14)10-11-6-5-9-17-11/h5-6,9,12,15H,3-4,7-8,10,14H2,1-2H3. The van der Waals surface area contributed by atoms with E-state index in [-0.39, 0.29) is 5.54 Å². The van der Waals surface area contributed by atoms with Gasteiger partial charge in [0.2, 0.25) is 0 Å². The molecule has 2 rings (SSSR count). The molecule has 0 aromatic carbocycles. The molecule has 1 aliphatic rings. The Labute approximate surface area is 108 Å². The summed E-state index contributed by atoms with van der Waals surface area (Å²) in [6, 6.07) is 4.60. The largest absolute Gasteiger partial charge is 0.297 e. The molecule has 0 spiro atoms. The van der Waals surface area contributed by atoms with Gasteiger partial charge < -0.3 is 0 Å². The monoisotopic (exact) mass is 253 g/mol. The first kappa shape index (κ1) is 13.0. The van der Waals surface area contributed by atoms with Crippen molar-refractivity contribution in [1.29, 1.82) is 0 Å². The lowest BCUT2D eigenvalue weighted by Crippen LogP contribution is -2.59. The third-order valence-corrected chi connectivity index (χ3v) is 4.86. The van der Waals surface area contributed by atoms with Crippen molar-refractivity contribution in [2.24, 2.45) is 5.84 Å². The molecule has 3 nitrogen and oxygen atoms in total. The van der Waals surface area contributed by atoms with E-state index in [9.17, 15) is 0 Å². The molecule has 0 bridgehead atoms. The normalized spacial score (nSPS) is 19.7. The van der Waals surface area contributed by atoms with E-state index in [4.69, 9.17) is 5.84 Å². The highest BCUT2D eigenvalue weighted by Crippen LogP contribution is 2.26. The van der Waals surface area contributed by atoms with Crippen molar-refractivity contribution in [2.45, 2.75) is 44.7 Å². The summed E-state index contributed by atoms with van der Waals surface area (Å²) in [6.45, 7) is 7.01. The van der Waals surface area contributed by atoms with Crippen molar-refractivity contribution in [3.8, 4) is 0 Å². The number of nitrogens with one attached hydrogen (secondary N) is 1. The molecule has 0 saturated carbocycles. The summed E-state index contributed by atoms with van der Waals surface area (Å²) >= 11 is 1.81. The van der Waals surface area contributed by atoms with Gasteiger partial charge in [0.25, 0.3) is 0 Å². The topological polar surface area (TPSA) is 41.3 Å². The van der Waals surface area contributed by atoms with Gasteiger partial charge in [0.1, 0.15) is 0 Å². The lowest BCUT2D eigenvalue weighted by Gasteiger charge is -2.41. The van der Waals surface area contributed by atoms with Crippen LogP contribution in [0.3, 0.4) is 0 Å². The van der Waals surface area contributed by atoms with Crippen molar-refractivity contribution in [3.05, 3.63) is 22.4 Å². The molecular formula is C13H23N3S. The van der Waals surface area contributed by atoms with Crippen LogP contribution >= 0.6 is 11.3 Å². The Hall–Kier alpha value is -0.420. The Kier molecular flexibility index (Phi) is 4.20. The lowest BCUT2D eigenvalue weighted by molar-refractivity contribution is 0.107. The van der Waals surface area contributed by atoms with Crippen molar-refractivity contribution in [1.82, 2.24) is 10.3 Å². The van der Waals surface area contributed by atoms with Gasteiger partial charge in [0, 0.05) is 22.9 Å². The van der Waals surface area contributed by atoms with E-state index < -0.39 is 0 Å². The van der Waals surface area contributed by atoms with E-state index >= 15 is 0 Å². The Morgan fingerprint density at radius 1 is 1.47 bits per heavy atom. The molecular weight excluding hydrogens is 230 g/mol. The van der Waals surface area contributed by atoms with Gasteiger partial charge in [-0.05, 0) is 51.2 Å². The van der Waals surface area contributed by atoms with Gasteiger partial charge in [-0.1, -0.05) is 6.07 Å². The number of hydrogen-bond donors (Lipinski definition) is 2. The van der Waals surface area contributed by atoms with Crippen LogP contribution in [0.5, 0.6) is 0 Å². The summed E-state index contributed by atoms with van der Waals surface area (Å²) in [4.78, 5) is 3.96. The van der Waals surface area contributed by atoms with Gasteiger partial charge in [0.15, 0.2) is 0 Å². The minimum Gasteiger partial charge on any atom is -0.297 e. The summed E-state index contributed by atoms with van der Waals surface area (Å²) in [5, 5.41) is 2.13. The van der Waals surface area contributed by atoms with E-state index in [1.807, 2.05) is 11.3 Å². The SMILES string of the molecule is CC(C)(C(Cc1cccs1)NN)N1CCCC1. The van der Waals surface area contributed by atoms with Crippen LogP contribution in [-0.2, 0) is 6.42 Å². The molecule has 17 heavy (non-hydrogen) atoms. The van der Waals surface area contributed by atoms with E-state index in [1.165, 1.54) is 30.8 Å². The number of hydrazine groups is 1. The highest BCUT2D eigenvalue weighted by Gasteiger charge is 2.36. The summed E-state index contributed by atoms with van der Waals surface area (Å²) in [6.07, 6.45) is 3.65. The molecule has 2 heterocycles. The highest BCUT2D eigenvalue weighted by atomic mass is 32.1. The second-order valence-corrected chi connectivity index (χ2v) is 6.38. The molecule has 0 aliphatic carbocycles. The molecule has 96 valence electrons. The third-order valence-electron chi connectivity index (χ3n) is 3.96. The van der Waals surface area contributed by atoms with Crippen molar-refractivity contribution < 1.29 is 0 Å². The minimum atomic E-state index is 0.120. The van der Waals surface area contributed by atoms with Crippen molar-refractivity contribution >= 4 is 11.3 Å². The van der Waals surface area contributed by atoms with Crippen molar-refractivity contribution in [3.63, 3.8) is 0 Å². The van der Waals surface area contributed by atoms with E-state index in [2.05, 4.69) is 41.7 Å². The maximum atomic E-state index is 5.77. The summed E-state index contributed by atoms with van der Waals surface area (Å²) in [5.74, 6) is 5.77. The molecule has 1 unspecified atom stereocenters. The number of likely N-dealkylation sites (tertiary alicyclic amines) is 1. The maximum Gasteiger partial charge on any atom is 0.0437 e. The van der Waals surface area contributed by atoms with Crippen LogP contribution in [0.4, 0.5) is 0 Å². The zero-order valence-corrected chi connectivity index (χ0v) is 11.6. The van der Waals surface area contributed by atoms with Crippen LogP contribution < -0.4 is 11.3 Å². The minimum absolute atomic E-state index is 0.120. The molecule has 1 atom stereocenters. The van der Waals surface area contributed by atoms with E-state index in [0.29, 0.717) is 6.04 Å². The smallest absolute Gasteiger partial charge is 0.0437 e. The number of thiophene rings is 1. The number of hydrogen-bond acceptors (Lipinski definition) is 4. The second-order valence-electron chi connectivity index (χ2n) is 5.35. The molecule has 1 saturated heterocycles. The summed E-state index contributed by atoms with van der Waals surface area (Å²) in [5.41, 5.74) is 3.14. The van der Waals surface area contributed by atoms with Crippen molar-refractivity contribution in [2.75, 3.05) is 13.1 Å². The Bertz CT molecular complexity index is 328. The Balaban J connectivity index is 2.05. The zero-order chi connectivity index (χ0) is 12.3. The third kappa shape index (κ3) is 2.88. The predicted octanol–water partition coefficient (Wildman–Crippen LogP) is 2.00. The average Bonchev–Trinajstić information content (AvgIpc) is 2.98. The van der Waals surface area contributed by atoms with Crippen LogP contribution in [-0.4, -0.2) is 29.6 Å². The van der Waals surface area contributed by atoms with Gasteiger partial charge >= 0.3 is 0 Å². The molecule has 1 aliphatic heterocycles. The summed E-state index contributed by atoms with van der Waals surface area (Å²) < 4.78 is 0. The van der Waals surface area contributed by atoms with Crippen LogP contribution in [0.15, 0.2) is 17.5 Å². The molecule has 0 radical (unpaired) electrons. The van der Waals surface area contributed by atoms with Crippen LogP contribution in [0.25, 0.3) is 0 Å². The van der Waals surface area contributed by atoms with E-state index in [0.717, 1.165) is 6.42 Å². The second kappa shape index (κ2) is 5.48. The Morgan fingerprint density at radius 3 is 2.71 bits per heavy atom. The van der Waals surface area contributed by atoms with Gasteiger partial charge in [-0.2, -0.15) is 0 Å². The fourth-order valence-electron chi connectivity index (χ4n) is 2.66. The Morgan fingerprint density at radius 2 is 2.18 bits per heavy atom. The van der Waals surface area contributed by atoms with Gasteiger partial charge in [-0.25, -0.2) is 0 Å². The van der Waals surface area contributed by atoms with Gasteiger partial charge in [-0.3, -0.25) is 16.2 Å². The molecule has 1 aromatic rings. The van der Waals surface area contributed by atoms with Gasteiger partial charge in [-0.15, -0.1) is 11.3 Å². The average molecular weight is 253 g/mol. The number of nitrogens with zero attached hydrogens (tertiary/aromatic N) is 1. The highest BCUT2D eigenvalue weighted by molar-refractivity contribution is 7.09. The maximum absolute atomic E-state index is 5.77. The van der Waals surface area contributed by atoms with Crippen LogP contribution in [0, 0.1) is 0 Å². The predicted molar refractivity (Wildman–Crippen MR) is 74.0 cm³/mol.